The van der Waals surface area contributed by atoms with E-state index in [0.29, 0.717) is 5.78 Å². The Labute approximate surface area is 148 Å². The van der Waals surface area contributed by atoms with Gasteiger partial charge in [0.1, 0.15) is 11.5 Å². The summed E-state index contributed by atoms with van der Waals surface area (Å²) in [5.74, 6) is 1.63. The average molecular weight is 379 g/mol. The minimum absolute atomic E-state index is 0.683. The molecule has 2 heterocycles. The molecule has 0 bridgehead atoms. The fourth-order valence-corrected chi connectivity index (χ4v) is 3.07. The molecule has 118 valence electrons. The number of nitrogens with zero attached hydrogens (tertiary/aromatic N) is 3. The number of hydrogen-bond donors (Lipinski definition) is 1. The van der Waals surface area contributed by atoms with Crippen molar-refractivity contribution >= 4 is 27.5 Å². The predicted octanol–water partition coefficient (Wildman–Crippen LogP) is 4.77. The molecule has 0 unspecified atom stereocenters. The summed E-state index contributed by atoms with van der Waals surface area (Å²) in [7, 11) is 0. The van der Waals surface area contributed by atoms with Crippen molar-refractivity contribution < 1.29 is 0 Å². The van der Waals surface area contributed by atoms with Crippen LogP contribution in [0.25, 0.3) is 17.0 Å². The van der Waals surface area contributed by atoms with Gasteiger partial charge in [0.15, 0.2) is 0 Å². The highest BCUT2D eigenvalue weighted by Crippen LogP contribution is 2.30. The highest BCUT2D eigenvalue weighted by molar-refractivity contribution is 9.10. The fourth-order valence-electron chi connectivity index (χ4n) is 2.68. The molecule has 4 rings (SSSR count). The van der Waals surface area contributed by atoms with Gasteiger partial charge in [0, 0.05) is 29.0 Å². The first-order chi connectivity index (χ1) is 11.8. The number of benzene rings is 2. The summed E-state index contributed by atoms with van der Waals surface area (Å²) in [6.45, 7) is 0.727. The van der Waals surface area contributed by atoms with Crippen molar-refractivity contribution in [3.8, 4) is 11.3 Å². The van der Waals surface area contributed by atoms with Gasteiger partial charge in [-0.25, -0.2) is 9.97 Å². The first-order valence-electron chi connectivity index (χ1n) is 7.68. The summed E-state index contributed by atoms with van der Waals surface area (Å²) < 4.78 is 3.01. The molecule has 0 aliphatic rings. The monoisotopic (exact) mass is 378 g/mol. The molecule has 2 aromatic carbocycles. The minimum Gasteiger partial charge on any atom is -0.365 e. The second kappa shape index (κ2) is 6.45. The molecule has 4 aromatic rings. The van der Waals surface area contributed by atoms with E-state index in [4.69, 9.17) is 4.98 Å². The average Bonchev–Trinajstić information content (AvgIpc) is 2.99. The summed E-state index contributed by atoms with van der Waals surface area (Å²) in [5.41, 5.74) is 3.16. The van der Waals surface area contributed by atoms with Crippen LogP contribution in [0.1, 0.15) is 5.56 Å². The smallest absolute Gasteiger partial charge is 0.235 e. The molecule has 2 aromatic heterocycles. The van der Waals surface area contributed by atoms with Crippen LogP contribution < -0.4 is 5.32 Å². The van der Waals surface area contributed by atoms with Crippen molar-refractivity contribution in [2.45, 2.75) is 6.54 Å². The van der Waals surface area contributed by atoms with E-state index in [-0.39, 0.29) is 0 Å². The van der Waals surface area contributed by atoms with E-state index < -0.39 is 0 Å². The maximum atomic E-state index is 4.70. The van der Waals surface area contributed by atoms with Crippen LogP contribution >= 0.6 is 15.9 Å². The Hall–Kier alpha value is -2.66. The number of imidazole rings is 1. The van der Waals surface area contributed by atoms with Crippen molar-refractivity contribution in [1.82, 2.24) is 14.4 Å². The SMILES string of the molecule is Brc1cccc(-c2nc3ncccn3c2NCc2ccccc2)c1. The molecular formula is C19H15BrN4. The Bertz CT molecular complexity index is 979. The normalized spacial score (nSPS) is 10.9. The minimum atomic E-state index is 0.683. The van der Waals surface area contributed by atoms with Gasteiger partial charge in [-0.05, 0) is 23.8 Å². The van der Waals surface area contributed by atoms with Crippen molar-refractivity contribution in [2.24, 2.45) is 0 Å². The Morgan fingerprint density at radius 1 is 1.00 bits per heavy atom. The van der Waals surface area contributed by atoms with Crippen LogP contribution in [0.2, 0.25) is 0 Å². The summed E-state index contributed by atoms with van der Waals surface area (Å²) in [6, 6.07) is 20.4. The molecule has 24 heavy (non-hydrogen) atoms. The Morgan fingerprint density at radius 3 is 2.71 bits per heavy atom. The van der Waals surface area contributed by atoms with Crippen LogP contribution in [0.5, 0.6) is 0 Å². The molecule has 0 aliphatic carbocycles. The van der Waals surface area contributed by atoms with E-state index in [9.17, 15) is 0 Å². The van der Waals surface area contributed by atoms with E-state index in [1.54, 1.807) is 6.20 Å². The lowest BCUT2D eigenvalue weighted by atomic mass is 10.1. The summed E-state index contributed by atoms with van der Waals surface area (Å²) in [4.78, 5) is 9.07. The fraction of sp³-hybridized carbons (Fsp3) is 0.0526. The quantitative estimate of drug-likeness (QED) is 0.555. The van der Waals surface area contributed by atoms with Crippen LogP contribution in [-0.4, -0.2) is 14.4 Å². The largest absolute Gasteiger partial charge is 0.365 e. The highest BCUT2D eigenvalue weighted by Gasteiger charge is 2.14. The molecule has 0 atom stereocenters. The van der Waals surface area contributed by atoms with Gasteiger partial charge in [0.05, 0.1) is 0 Å². The van der Waals surface area contributed by atoms with E-state index in [1.807, 2.05) is 47.0 Å². The van der Waals surface area contributed by atoms with Crippen molar-refractivity contribution in [3.05, 3.63) is 83.1 Å². The third-order valence-electron chi connectivity index (χ3n) is 3.80. The first kappa shape index (κ1) is 14.9. The van der Waals surface area contributed by atoms with Gasteiger partial charge in [-0.15, -0.1) is 0 Å². The molecule has 0 saturated carbocycles. The Kier molecular flexibility index (Phi) is 4.01. The highest BCUT2D eigenvalue weighted by atomic mass is 79.9. The first-order valence-corrected chi connectivity index (χ1v) is 8.47. The molecule has 1 N–H and O–H groups in total. The van der Waals surface area contributed by atoms with Gasteiger partial charge in [-0.1, -0.05) is 58.4 Å². The van der Waals surface area contributed by atoms with Gasteiger partial charge >= 0.3 is 0 Å². The third kappa shape index (κ3) is 2.90. The molecule has 0 saturated heterocycles. The molecule has 0 radical (unpaired) electrons. The lowest BCUT2D eigenvalue weighted by molar-refractivity contribution is 1.06. The van der Waals surface area contributed by atoms with Crippen molar-refractivity contribution in [3.63, 3.8) is 0 Å². The molecule has 5 heteroatoms. The molecule has 0 amide bonds. The molecular weight excluding hydrogens is 364 g/mol. The number of hydrogen-bond acceptors (Lipinski definition) is 3. The van der Waals surface area contributed by atoms with E-state index >= 15 is 0 Å². The number of nitrogens with one attached hydrogen (secondary N) is 1. The maximum absolute atomic E-state index is 4.70. The van der Waals surface area contributed by atoms with Gasteiger partial charge < -0.3 is 5.32 Å². The number of halogens is 1. The summed E-state index contributed by atoms with van der Waals surface area (Å²) in [5, 5.41) is 3.52. The summed E-state index contributed by atoms with van der Waals surface area (Å²) in [6.07, 6.45) is 3.73. The number of anilines is 1. The zero-order valence-corrected chi connectivity index (χ0v) is 14.4. The van der Waals surface area contributed by atoms with Gasteiger partial charge in [-0.3, -0.25) is 4.40 Å². The van der Waals surface area contributed by atoms with E-state index in [2.05, 4.69) is 50.5 Å². The van der Waals surface area contributed by atoms with Gasteiger partial charge in [-0.2, -0.15) is 0 Å². The maximum Gasteiger partial charge on any atom is 0.235 e. The lowest BCUT2D eigenvalue weighted by Gasteiger charge is -2.09. The Balaban J connectivity index is 1.78. The van der Waals surface area contributed by atoms with Crippen LogP contribution in [0.15, 0.2) is 77.5 Å². The van der Waals surface area contributed by atoms with Crippen LogP contribution in [0.4, 0.5) is 5.82 Å². The number of aromatic nitrogens is 3. The zero-order chi connectivity index (χ0) is 16.4. The second-order valence-corrected chi connectivity index (χ2v) is 6.36. The van der Waals surface area contributed by atoms with Gasteiger partial charge in [0.25, 0.3) is 0 Å². The number of fused-ring (bicyclic) bond motifs is 1. The molecule has 4 nitrogen and oxygen atoms in total. The Morgan fingerprint density at radius 2 is 1.88 bits per heavy atom. The van der Waals surface area contributed by atoms with Gasteiger partial charge in [0.2, 0.25) is 5.78 Å². The third-order valence-corrected chi connectivity index (χ3v) is 4.30. The van der Waals surface area contributed by atoms with Crippen molar-refractivity contribution in [1.29, 1.82) is 0 Å². The summed E-state index contributed by atoms with van der Waals surface area (Å²) >= 11 is 3.53. The van der Waals surface area contributed by atoms with Crippen LogP contribution in [0, 0.1) is 0 Å². The standard InChI is InChI=1S/C19H15BrN4/c20-16-9-4-8-15(12-16)17-18(22-13-14-6-2-1-3-7-14)24-11-5-10-21-19(24)23-17/h1-12,22H,13H2. The molecule has 0 fully saturated rings. The van der Waals surface area contributed by atoms with E-state index in [1.165, 1.54) is 5.56 Å². The zero-order valence-electron chi connectivity index (χ0n) is 12.9. The second-order valence-electron chi connectivity index (χ2n) is 5.45. The van der Waals surface area contributed by atoms with Crippen LogP contribution in [-0.2, 0) is 6.54 Å². The topological polar surface area (TPSA) is 42.2 Å². The number of rotatable bonds is 4. The molecule has 0 spiro atoms. The molecule has 0 aliphatic heterocycles. The van der Waals surface area contributed by atoms with Crippen LogP contribution in [0.3, 0.4) is 0 Å². The predicted molar refractivity (Wildman–Crippen MR) is 99.9 cm³/mol. The van der Waals surface area contributed by atoms with Crippen molar-refractivity contribution in [2.75, 3.05) is 5.32 Å². The van der Waals surface area contributed by atoms with E-state index in [0.717, 1.165) is 28.1 Å². The lowest BCUT2D eigenvalue weighted by Crippen LogP contribution is -2.03.